The van der Waals surface area contributed by atoms with E-state index in [0.717, 1.165) is 83.9 Å². The van der Waals surface area contributed by atoms with Gasteiger partial charge in [0.25, 0.3) is 0 Å². The lowest BCUT2D eigenvalue weighted by Gasteiger charge is -2.40. The van der Waals surface area contributed by atoms with Crippen molar-refractivity contribution in [2.24, 2.45) is 4.99 Å². The second-order valence-electron chi connectivity index (χ2n) is 13.4. The fraction of sp³-hybridized carbons (Fsp3) is 0.159. The van der Waals surface area contributed by atoms with Gasteiger partial charge in [-0.1, -0.05) is 115 Å². The fourth-order valence-electron chi connectivity index (χ4n) is 8.52. The SMILES string of the molecule is c1ccc(C2(c3ccccc3)c3ccccc3-c3ccc(-c4ccc5ccc6ccc(N7CCCN8CCCN=C87)nc6c5n4)cc32)cc1. The molecule has 0 spiro atoms. The van der Waals surface area contributed by atoms with E-state index in [4.69, 9.17) is 15.0 Å². The van der Waals surface area contributed by atoms with Crippen molar-refractivity contribution >= 4 is 33.6 Å². The maximum absolute atomic E-state index is 5.39. The molecule has 4 heterocycles. The predicted molar refractivity (Wildman–Crippen MR) is 200 cm³/mol. The van der Waals surface area contributed by atoms with E-state index in [1.807, 2.05) is 0 Å². The highest BCUT2D eigenvalue weighted by atomic mass is 15.4. The van der Waals surface area contributed by atoms with Crippen molar-refractivity contribution in [2.75, 3.05) is 31.1 Å². The molecular formula is C44H35N5. The largest absolute Gasteiger partial charge is 0.342 e. The number of benzene rings is 5. The predicted octanol–water partition coefficient (Wildman–Crippen LogP) is 9.08. The maximum Gasteiger partial charge on any atom is 0.202 e. The maximum atomic E-state index is 5.39. The summed E-state index contributed by atoms with van der Waals surface area (Å²) in [4.78, 5) is 20.3. The Morgan fingerprint density at radius 3 is 1.98 bits per heavy atom. The van der Waals surface area contributed by atoms with Gasteiger partial charge in [0.15, 0.2) is 0 Å². The Labute approximate surface area is 286 Å². The third-order valence-electron chi connectivity index (χ3n) is 10.7. The molecule has 5 heteroatoms. The number of hydrogen-bond donors (Lipinski definition) is 0. The van der Waals surface area contributed by atoms with Crippen LogP contribution in [0.4, 0.5) is 5.82 Å². The van der Waals surface area contributed by atoms with E-state index < -0.39 is 5.41 Å². The van der Waals surface area contributed by atoms with Gasteiger partial charge in [-0.15, -0.1) is 0 Å². The summed E-state index contributed by atoms with van der Waals surface area (Å²) in [6.07, 6.45) is 2.22. The van der Waals surface area contributed by atoms with Crippen molar-refractivity contribution in [1.29, 1.82) is 0 Å². The van der Waals surface area contributed by atoms with E-state index in [1.165, 1.54) is 33.4 Å². The summed E-state index contributed by atoms with van der Waals surface area (Å²) in [5.74, 6) is 2.01. The number of pyridine rings is 2. The standard InChI is InChI=1S/C44H35N5/c1-3-11-33(12-4-1)44(34-13-5-2-6-14-34)37-16-8-7-15-35(37)36-22-19-32(29-38(36)44)39-23-20-30-17-18-31-21-24-40(47-42(31)41(30)46-39)49-28-10-27-48-26-9-25-45-43(48)49/h1-8,11-24,29H,9-10,25-28H2. The second kappa shape index (κ2) is 11.1. The van der Waals surface area contributed by atoms with Crippen LogP contribution in [0.3, 0.4) is 0 Å². The van der Waals surface area contributed by atoms with E-state index in [-0.39, 0.29) is 0 Å². The number of aliphatic imine (C=N–C) groups is 1. The zero-order valence-corrected chi connectivity index (χ0v) is 27.3. The topological polar surface area (TPSA) is 44.6 Å². The summed E-state index contributed by atoms with van der Waals surface area (Å²) in [6.45, 7) is 3.95. The lowest BCUT2D eigenvalue weighted by molar-refractivity contribution is 0.359. The molecule has 0 amide bonds. The van der Waals surface area contributed by atoms with Crippen molar-refractivity contribution in [3.63, 3.8) is 0 Å². The van der Waals surface area contributed by atoms with Crippen LogP contribution >= 0.6 is 0 Å². The third-order valence-corrected chi connectivity index (χ3v) is 10.7. The quantitative estimate of drug-likeness (QED) is 0.181. The Morgan fingerprint density at radius 1 is 0.531 bits per heavy atom. The van der Waals surface area contributed by atoms with E-state index in [1.54, 1.807) is 0 Å². The molecule has 49 heavy (non-hydrogen) atoms. The van der Waals surface area contributed by atoms with Gasteiger partial charge in [0.2, 0.25) is 5.96 Å². The Morgan fingerprint density at radius 2 is 1.18 bits per heavy atom. The zero-order chi connectivity index (χ0) is 32.4. The van der Waals surface area contributed by atoms with Crippen molar-refractivity contribution < 1.29 is 0 Å². The molecule has 0 N–H and O–H groups in total. The van der Waals surface area contributed by atoms with Crippen molar-refractivity contribution in [1.82, 2.24) is 14.9 Å². The van der Waals surface area contributed by atoms with E-state index in [2.05, 4.69) is 149 Å². The van der Waals surface area contributed by atoms with Crippen LogP contribution in [-0.2, 0) is 5.41 Å². The molecule has 1 fully saturated rings. The number of fused-ring (bicyclic) bond motifs is 7. The molecule has 0 bridgehead atoms. The summed E-state index contributed by atoms with van der Waals surface area (Å²) >= 11 is 0. The molecule has 7 aromatic rings. The van der Waals surface area contributed by atoms with Gasteiger partial charge in [0.05, 0.1) is 22.1 Å². The molecule has 10 rings (SSSR count). The number of anilines is 1. The molecule has 1 aliphatic carbocycles. The first-order chi connectivity index (χ1) is 24.3. The normalized spacial score (nSPS) is 16.3. The average Bonchev–Trinajstić information content (AvgIpc) is 3.48. The monoisotopic (exact) mass is 633 g/mol. The smallest absolute Gasteiger partial charge is 0.202 e. The highest BCUT2D eigenvalue weighted by Crippen LogP contribution is 2.56. The molecule has 236 valence electrons. The van der Waals surface area contributed by atoms with E-state index >= 15 is 0 Å². The molecular weight excluding hydrogens is 599 g/mol. The number of nitrogens with zero attached hydrogens (tertiary/aromatic N) is 5. The molecule has 2 aromatic heterocycles. The van der Waals surface area contributed by atoms with Crippen LogP contribution in [0.5, 0.6) is 0 Å². The molecule has 5 nitrogen and oxygen atoms in total. The summed E-state index contributed by atoms with van der Waals surface area (Å²) in [5.41, 5.74) is 11.1. The molecule has 3 aliphatic rings. The van der Waals surface area contributed by atoms with Gasteiger partial charge in [-0.05, 0) is 70.5 Å². The van der Waals surface area contributed by atoms with Gasteiger partial charge in [-0.3, -0.25) is 9.89 Å². The Bertz CT molecular complexity index is 2380. The van der Waals surface area contributed by atoms with Gasteiger partial charge < -0.3 is 4.90 Å². The Balaban J connectivity index is 1.16. The number of guanidine groups is 1. The van der Waals surface area contributed by atoms with Gasteiger partial charge in [-0.25, -0.2) is 9.97 Å². The lowest BCUT2D eigenvalue weighted by atomic mass is 9.67. The van der Waals surface area contributed by atoms with Crippen LogP contribution < -0.4 is 4.90 Å². The first-order valence-corrected chi connectivity index (χ1v) is 17.4. The van der Waals surface area contributed by atoms with Crippen molar-refractivity contribution in [3.8, 4) is 22.4 Å². The molecule has 5 aromatic carbocycles. The van der Waals surface area contributed by atoms with Crippen LogP contribution in [0, 0.1) is 0 Å². The molecule has 0 unspecified atom stereocenters. The van der Waals surface area contributed by atoms with Gasteiger partial charge in [0.1, 0.15) is 5.82 Å². The third kappa shape index (κ3) is 4.28. The van der Waals surface area contributed by atoms with Gasteiger partial charge >= 0.3 is 0 Å². The molecule has 2 aliphatic heterocycles. The van der Waals surface area contributed by atoms with E-state index in [0.29, 0.717) is 0 Å². The average molecular weight is 634 g/mol. The summed E-state index contributed by atoms with van der Waals surface area (Å²) < 4.78 is 0. The summed E-state index contributed by atoms with van der Waals surface area (Å²) in [5, 5.41) is 2.18. The van der Waals surface area contributed by atoms with Crippen LogP contribution in [0.1, 0.15) is 35.1 Å². The van der Waals surface area contributed by atoms with Crippen LogP contribution in [0.25, 0.3) is 44.2 Å². The van der Waals surface area contributed by atoms with Crippen molar-refractivity contribution in [2.45, 2.75) is 18.3 Å². The zero-order valence-electron chi connectivity index (χ0n) is 27.3. The summed E-state index contributed by atoms with van der Waals surface area (Å²) in [7, 11) is 0. The fourth-order valence-corrected chi connectivity index (χ4v) is 8.52. The van der Waals surface area contributed by atoms with Gasteiger partial charge in [-0.2, -0.15) is 0 Å². The first-order valence-electron chi connectivity index (χ1n) is 17.4. The minimum atomic E-state index is -0.450. The van der Waals surface area contributed by atoms with Crippen LogP contribution in [0.2, 0.25) is 0 Å². The number of hydrogen-bond acceptors (Lipinski definition) is 5. The minimum absolute atomic E-state index is 0.450. The molecule has 1 saturated heterocycles. The lowest BCUT2D eigenvalue weighted by Crippen LogP contribution is -2.52. The Kier molecular flexibility index (Phi) is 6.41. The molecule has 0 radical (unpaired) electrons. The summed E-state index contributed by atoms with van der Waals surface area (Å²) in [6, 6.07) is 50.8. The second-order valence-corrected chi connectivity index (χ2v) is 13.4. The van der Waals surface area contributed by atoms with Gasteiger partial charge in [0, 0.05) is 42.5 Å². The minimum Gasteiger partial charge on any atom is -0.342 e. The highest BCUT2D eigenvalue weighted by Gasteiger charge is 2.46. The number of aromatic nitrogens is 2. The van der Waals surface area contributed by atoms with Crippen LogP contribution in [0.15, 0.2) is 145 Å². The highest BCUT2D eigenvalue weighted by molar-refractivity contribution is 6.05. The van der Waals surface area contributed by atoms with Crippen molar-refractivity contribution in [3.05, 3.63) is 162 Å². The van der Waals surface area contributed by atoms with E-state index in [9.17, 15) is 0 Å². The first kappa shape index (κ1) is 28.2. The Hall–Kier alpha value is -5.81. The number of rotatable bonds is 4. The van der Waals surface area contributed by atoms with Crippen LogP contribution in [-0.4, -0.2) is 47.0 Å². The molecule has 0 saturated carbocycles. The molecule has 0 atom stereocenters.